The molecule has 1 atom stereocenters. The number of ether oxygens (including phenoxy) is 1. The van der Waals surface area contributed by atoms with Crippen LogP contribution in [0.5, 0.6) is 0 Å². The quantitative estimate of drug-likeness (QED) is 0.766. The van der Waals surface area contributed by atoms with Crippen LogP contribution in [-0.4, -0.2) is 25.2 Å². The van der Waals surface area contributed by atoms with Gasteiger partial charge in [-0.25, -0.2) is 4.79 Å². The highest BCUT2D eigenvalue weighted by molar-refractivity contribution is 5.89. The van der Waals surface area contributed by atoms with Crippen molar-refractivity contribution in [1.29, 1.82) is 0 Å². The van der Waals surface area contributed by atoms with Crippen LogP contribution in [0.25, 0.3) is 0 Å². The van der Waals surface area contributed by atoms with E-state index in [4.69, 9.17) is 4.74 Å². The summed E-state index contributed by atoms with van der Waals surface area (Å²) in [6.07, 6.45) is 9.90. The van der Waals surface area contributed by atoms with Crippen LogP contribution in [0.3, 0.4) is 0 Å². The first-order valence-corrected chi connectivity index (χ1v) is 6.90. The topological polar surface area (TPSA) is 38.3 Å². The number of carbonyl (C=O) groups excluding carboxylic acids is 1. The van der Waals surface area contributed by atoms with E-state index in [2.05, 4.69) is 11.4 Å². The van der Waals surface area contributed by atoms with Crippen molar-refractivity contribution in [2.75, 3.05) is 13.2 Å². The number of rotatable bonds is 3. The van der Waals surface area contributed by atoms with E-state index in [0.29, 0.717) is 19.2 Å². The zero-order chi connectivity index (χ0) is 12.1. The molecule has 0 bridgehead atoms. The van der Waals surface area contributed by atoms with Crippen molar-refractivity contribution in [3.05, 3.63) is 11.6 Å². The number of hydrogen-bond acceptors (Lipinski definition) is 3. The van der Waals surface area contributed by atoms with Gasteiger partial charge >= 0.3 is 5.97 Å². The smallest absolute Gasteiger partial charge is 0.334 e. The van der Waals surface area contributed by atoms with Gasteiger partial charge in [0, 0.05) is 18.2 Å². The monoisotopic (exact) mass is 237 g/mol. The molecule has 3 nitrogen and oxygen atoms in total. The van der Waals surface area contributed by atoms with Crippen LogP contribution in [0, 0.1) is 5.92 Å². The second-order valence-corrected chi connectivity index (χ2v) is 5.07. The van der Waals surface area contributed by atoms with Crippen LogP contribution in [0.2, 0.25) is 0 Å². The summed E-state index contributed by atoms with van der Waals surface area (Å²) >= 11 is 0. The van der Waals surface area contributed by atoms with E-state index < -0.39 is 0 Å². The van der Waals surface area contributed by atoms with Gasteiger partial charge in [0.15, 0.2) is 0 Å². The Balaban J connectivity index is 1.85. The van der Waals surface area contributed by atoms with Gasteiger partial charge in [0.25, 0.3) is 0 Å². The van der Waals surface area contributed by atoms with Crippen molar-refractivity contribution in [3.63, 3.8) is 0 Å². The van der Waals surface area contributed by atoms with Gasteiger partial charge in [-0.2, -0.15) is 0 Å². The molecule has 0 saturated heterocycles. The Morgan fingerprint density at radius 1 is 1.41 bits per heavy atom. The Kier molecular flexibility index (Phi) is 4.60. The molecule has 0 spiro atoms. The van der Waals surface area contributed by atoms with Crippen LogP contribution in [0.15, 0.2) is 11.6 Å². The van der Waals surface area contributed by atoms with Crippen LogP contribution in [-0.2, 0) is 9.53 Å². The first kappa shape index (κ1) is 12.6. The van der Waals surface area contributed by atoms with Crippen molar-refractivity contribution in [3.8, 4) is 0 Å². The molecular weight excluding hydrogens is 214 g/mol. The zero-order valence-electron chi connectivity index (χ0n) is 10.7. The third kappa shape index (κ3) is 3.32. The Hall–Kier alpha value is -0.830. The standard InChI is InChI=1S/C14H23NO2/c1-2-17-14(16)12-8-9-13(15-10-12)11-6-4-3-5-7-11/h8,11,13,15H,2-7,9-10H2,1H3/t13-/m0/s1. The molecule has 0 aromatic heterocycles. The van der Waals surface area contributed by atoms with E-state index in [1.165, 1.54) is 32.1 Å². The molecule has 3 heteroatoms. The van der Waals surface area contributed by atoms with E-state index in [1.54, 1.807) is 0 Å². The average Bonchev–Trinajstić information content (AvgIpc) is 2.40. The molecule has 0 aromatic carbocycles. The first-order chi connectivity index (χ1) is 8.31. The predicted octanol–water partition coefficient (Wildman–Crippen LogP) is 2.42. The van der Waals surface area contributed by atoms with Crippen LogP contribution >= 0.6 is 0 Å². The lowest BCUT2D eigenvalue weighted by atomic mass is 9.81. The molecular formula is C14H23NO2. The maximum Gasteiger partial charge on any atom is 0.334 e. The fourth-order valence-electron chi connectivity index (χ4n) is 2.94. The Bertz CT molecular complexity index is 293. The van der Waals surface area contributed by atoms with E-state index in [0.717, 1.165) is 17.9 Å². The molecule has 1 aliphatic heterocycles. The molecule has 0 radical (unpaired) electrons. The van der Waals surface area contributed by atoms with E-state index in [-0.39, 0.29) is 5.97 Å². The van der Waals surface area contributed by atoms with E-state index >= 15 is 0 Å². The summed E-state index contributed by atoms with van der Waals surface area (Å²) in [5.41, 5.74) is 0.805. The lowest BCUT2D eigenvalue weighted by Crippen LogP contribution is -2.41. The molecule has 1 fully saturated rings. The summed E-state index contributed by atoms with van der Waals surface area (Å²) < 4.78 is 5.01. The summed E-state index contributed by atoms with van der Waals surface area (Å²) in [4.78, 5) is 11.6. The third-order valence-corrected chi connectivity index (χ3v) is 3.93. The van der Waals surface area contributed by atoms with Gasteiger partial charge in [-0.15, -0.1) is 0 Å². The number of nitrogens with one attached hydrogen (secondary N) is 1. The van der Waals surface area contributed by atoms with Crippen molar-refractivity contribution in [2.45, 2.75) is 51.5 Å². The van der Waals surface area contributed by atoms with Gasteiger partial charge < -0.3 is 10.1 Å². The summed E-state index contributed by atoms with van der Waals surface area (Å²) in [6.45, 7) is 2.99. The fraction of sp³-hybridized carbons (Fsp3) is 0.786. The molecule has 1 heterocycles. The highest BCUT2D eigenvalue weighted by atomic mass is 16.5. The van der Waals surface area contributed by atoms with Crippen molar-refractivity contribution in [2.24, 2.45) is 5.92 Å². The Morgan fingerprint density at radius 2 is 2.18 bits per heavy atom. The van der Waals surface area contributed by atoms with Crippen LogP contribution < -0.4 is 5.32 Å². The van der Waals surface area contributed by atoms with Crippen molar-refractivity contribution in [1.82, 2.24) is 5.32 Å². The Labute approximate surface area is 104 Å². The predicted molar refractivity (Wildman–Crippen MR) is 67.7 cm³/mol. The molecule has 17 heavy (non-hydrogen) atoms. The molecule has 1 aliphatic carbocycles. The lowest BCUT2D eigenvalue weighted by Gasteiger charge is -2.33. The SMILES string of the molecule is CCOC(=O)C1=CC[C@@H](C2CCCCC2)NC1. The lowest BCUT2D eigenvalue weighted by molar-refractivity contribution is -0.138. The van der Waals surface area contributed by atoms with Crippen LogP contribution in [0.1, 0.15) is 45.4 Å². The van der Waals surface area contributed by atoms with Crippen molar-refractivity contribution >= 4 is 5.97 Å². The number of carbonyl (C=O) groups is 1. The van der Waals surface area contributed by atoms with Gasteiger partial charge in [0.2, 0.25) is 0 Å². The van der Waals surface area contributed by atoms with Gasteiger partial charge in [-0.1, -0.05) is 25.3 Å². The molecule has 2 rings (SSSR count). The fourth-order valence-corrected chi connectivity index (χ4v) is 2.94. The summed E-state index contributed by atoms with van der Waals surface area (Å²) in [6, 6.07) is 0.577. The molecule has 0 aromatic rings. The molecule has 1 saturated carbocycles. The number of esters is 1. The number of hydrogen-bond donors (Lipinski definition) is 1. The van der Waals surface area contributed by atoms with Gasteiger partial charge in [-0.3, -0.25) is 0 Å². The van der Waals surface area contributed by atoms with Gasteiger partial charge in [-0.05, 0) is 32.1 Å². The minimum atomic E-state index is -0.151. The minimum Gasteiger partial charge on any atom is -0.463 e. The molecule has 96 valence electrons. The highest BCUT2D eigenvalue weighted by Crippen LogP contribution is 2.29. The van der Waals surface area contributed by atoms with Gasteiger partial charge in [0.1, 0.15) is 0 Å². The van der Waals surface area contributed by atoms with Gasteiger partial charge in [0.05, 0.1) is 6.61 Å². The maximum absolute atomic E-state index is 11.6. The maximum atomic E-state index is 11.6. The highest BCUT2D eigenvalue weighted by Gasteiger charge is 2.26. The summed E-state index contributed by atoms with van der Waals surface area (Å²) in [5, 5.41) is 3.51. The molecule has 0 unspecified atom stereocenters. The Morgan fingerprint density at radius 3 is 2.76 bits per heavy atom. The molecule has 2 aliphatic rings. The van der Waals surface area contributed by atoms with E-state index in [9.17, 15) is 4.79 Å². The third-order valence-electron chi connectivity index (χ3n) is 3.93. The second-order valence-electron chi connectivity index (χ2n) is 5.07. The van der Waals surface area contributed by atoms with Crippen molar-refractivity contribution < 1.29 is 9.53 Å². The molecule has 0 amide bonds. The van der Waals surface area contributed by atoms with E-state index in [1.807, 2.05) is 6.92 Å². The normalized spacial score (nSPS) is 26.4. The molecule has 1 N–H and O–H groups in total. The summed E-state index contributed by atoms with van der Waals surface area (Å²) in [7, 11) is 0. The van der Waals surface area contributed by atoms with Crippen LogP contribution in [0.4, 0.5) is 0 Å². The average molecular weight is 237 g/mol. The second kappa shape index (κ2) is 6.20. The zero-order valence-corrected chi connectivity index (χ0v) is 10.7. The first-order valence-electron chi connectivity index (χ1n) is 6.90. The summed E-state index contributed by atoms with van der Waals surface area (Å²) in [5.74, 6) is 0.658. The largest absolute Gasteiger partial charge is 0.463 e. The minimum absolute atomic E-state index is 0.151.